The molecule has 2 aromatic rings. The van der Waals surface area contributed by atoms with Crippen molar-refractivity contribution in [1.82, 2.24) is 9.88 Å². The summed E-state index contributed by atoms with van der Waals surface area (Å²) >= 11 is 1.44. The summed E-state index contributed by atoms with van der Waals surface area (Å²) in [7, 11) is 0. The van der Waals surface area contributed by atoms with Crippen LogP contribution >= 0.6 is 11.3 Å². The Morgan fingerprint density at radius 3 is 2.89 bits per heavy atom. The summed E-state index contributed by atoms with van der Waals surface area (Å²) < 4.78 is 1.02. The number of likely N-dealkylation sites (tertiary alicyclic amines) is 1. The van der Waals surface area contributed by atoms with Gasteiger partial charge in [0.15, 0.2) is 10.8 Å². The number of fused-ring (bicyclic) bond motifs is 1. The summed E-state index contributed by atoms with van der Waals surface area (Å²) in [5.74, 6) is 2.39. The number of hydrogen-bond donors (Lipinski definition) is 1. The van der Waals surface area contributed by atoms with Gasteiger partial charge in [-0.25, -0.2) is 4.98 Å². The first kappa shape index (κ1) is 18.6. The number of carbonyl (C=O) groups excluding carboxylic acids is 2. The lowest BCUT2D eigenvalue weighted by Crippen LogP contribution is -2.43. The second kappa shape index (κ2) is 7.68. The van der Waals surface area contributed by atoms with Crippen molar-refractivity contribution in [3.8, 4) is 12.3 Å². The molecule has 1 atom stereocenters. The summed E-state index contributed by atoms with van der Waals surface area (Å²) in [4.78, 5) is 31.6. The van der Waals surface area contributed by atoms with Crippen LogP contribution in [0.4, 0.5) is 5.13 Å². The summed E-state index contributed by atoms with van der Waals surface area (Å²) in [5, 5.41) is 11.6. The van der Waals surface area contributed by atoms with Crippen LogP contribution in [0.2, 0.25) is 0 Å². The van der Waals surface area contributed by atoms with E-state index in [0.29, 0.717) is 43.8 Å². The number of anilines is 1. The van der Waals surface area contributed by atoms with E-state index in [1.54, 1.807) is 4.90 Å². The average molecular weight is 395 g/mol. The maximum atomic E-state index is 12.8. The van der Waals surface area contributed by atoms with E-state index in [2.05, 4.69) is 26.4 Å². The highest BCUT2D eigenvalue weighted by Crippen LogP contribution is 2.38. The monoisotopic (exact) mass is 395 g/mol. The molecule has 0 bridgehead atoms. The second-order valence-electron chi connectivity index (χ2n) is 7.11. The molecule has 1 aromatic carbocycles. The van der Waals surface area contributed by atoms with Crippen molar-refractivity contribution in [3.63, 3.8) is 0 Å². The molecule has 1 fully saturated rings. The van der Waals surface area contributed by atoms with Crippen molar-refractivity contribution >= 4 is 38.5 Å². The van der Waals surface area contributed by atoms with E-state index >= 15 is 0 Å². The first-order valence-electron chi connectivity index (χ1n) is 9.44. The third-order valence-electron chi connectivity index (χ3n) is 5.19. The molecular weight excluding hydrogens is 374 g/mol. The van der Waals surface area contributed by atoms with E-state index in [4.69, 9.17) is 6.42 Å². The van der Waals surface area contributed by atoms with E-state index in [9.17, 15) is 9.59 Å². The van der Waals surface area contributed by atoms with E-state index in [0.717, 1.165) is 16.6 Å². The van der Waals surface area contributed by atoms with Gasteiger partial charge in [0.1, 0.15) is 6.04 Å². The van der Waals surface area contributed by atoms with Crippen LogP contribution in [-0.2, 0) is 9.59 Å². The van der Waals surface area contributed by atoms with Crippen molar-refractivity contribution in [2.45, 2.75) is 50.2 Å². The van der Waals surface area contributed by atoms with Gasteiger partial charge in [-0.3, -0.25) is 9.59 Å². The zero-order valence-corrected chi connectivity index (χ0v) is 16.2. The molecule has 0 aliphatic carbocycles. The lowest BCUT2D eigenvalue weighted by molar-refractivity contribution is -0.136. The standard InChI is InChI=1S/C20H21N5O2S/c1-2-3-11-20(23-24-20)12-10-17(26)25-13-6-8-15(25)18(27)22-19-21-14-7-4-5-9-16(14)28-19/h1,4-5,7,9,15H,3,6,8,10-13H2,(H,21,22,27). The molecule has 144 valence electrons. The number of terminal acetylenes is 1. The van der Waals surface area contributed by atoms with Crippen LogP contribution in [0.25, 0.3) is 10.2 Å². The minimum absolute atomic E-state index is 0.0284. The largest absolute Gasteiger partial charge is 0.331 e. The number of para-hydroxylation sites is 1. The van der Waals surface area contributed by atoms with Gasteiger partial charge >= 0.3 is 0 Å². The van der Waals surface area contributed by atoms with E-state index < -0.39 is 11.7 Å². The maximum Gasteiger partial charge on any atom is 0.248 e. The molecule has 3 heterocycles. The fourth-order valence-electron chi connectivity index (χ4n) is 3.57. The third kappa shape index (κ3) is 3.90. The quantitative estimate of drug-likeness (QED) is 0.727. The molecule has 0 spiro atoms. The Morgan fingerprint density at radius 1 is 1.32 bits per heavy atom. The first-order valence-corrected chi connectivity index (χ1v) is 10.3. The van der Waals surface area contributed by atoms with E-state index in [1.165, 1.54) is 11.3 Å². The van der Waals surface area contributed by atoms with Gasteiger partial charge in [0.05, 0.1) is 10.2 Å². The molecule has 4 rings (SSSR count). The van der Waals surface area contributed by atoms with Crippen molar-refractivity contribution in [1.29, 1.82) is 0 Å². The Hall–Kier alpha value is -2.79. The number of amides is 2. The van der Waals surface area contributed by atoms with Gasteiger partial charge < -0.3 is 10.2 Å². The molecule has 0 radical (unpaired) electrons. The molecule has 2 aliphatic heterocycles. The van der Waals surface area contributed by atoms with Gasteiger partial charge in [-0.1, -0.05) is 23.5 Å². The van der Waals surface area contributed by atoms with Crippen molar-refractivity contribution in [2.24, 2.45) is 10.2 Å². The summed E-state index contributed by atoms with van der Waals surface area (Å²) in [6.07, 6.45) is 8.94. The van der Waals surface area contributed by atoms with Gasteiger partial charge in [0.25, 0.3) is 0 Å². The molecule has 7 nitrogen and oxygen atoms in total. The van der Waals surface area contributed by atoms with Gasteiger partial charge in [-0.2, -0.15) is 10.2 Å². The van der Waals surface area contributed by atoms with Gasteiger partial charge in [0, 0.05) is 32.2 Å². The number of hydrogen-bond acceptors (Lipinski definition) is 6. The second-order valence-corrected chi connectivity index (χ2v) is 8.14. The Balaban J connectivity index is 1.35. The van der Waals surface area contributed by atoms with Crippen molar-refractivity contribution in [2.75, 3.05) is 11.9 Å². The maximum absolute atomic E-state index is 12.8. The first-order chi connectivity index (χ1) is 13.6. The predicted molar refractivity (Wildman–Crippen MR) is 108 cm³/mol. The summed E-state index contributed by atoms with van der Waals surface area (Å²) in [5.41, 5.74) is 0.386. The molecule has 1 saturated heterocycles. The SMILES string of the molecule is C#CCCC1(CCC(=O)N2CCCC2C(=O)Nc2nc3ccccc3s2)N=N1. The van der Waals surface area contributed by atoms with Gasteiger partial charge in [-0.05, 0) is 25.0 Å². The lowest BCUT2D eigenvalue weighted by atomic mass is 10.0. The predicted octanol–water partition coefficient (Wildman–Crippen LogP) is 3.58. The summed E-state index contributed by atoms with van der Waals surface area (Å²) in [6, 6.07) is 7.29. The van der Waals surface area contributed by atoms with E-state index in [1.807, 2.05) is 24.3 Å². The zero-order chi connectivity index (χ0) is 19.6. The number of rotatable bonds is 7. The van der Waals surface area contributed by atoms with Crippen LogP contribution in [0.3, 0.4) is 0 Å². The lowest BCUT2D eigenvalue weighted by Gasteiger charge is -2.24. The Labute approximate surface area is 167 Å². The minimum Gasteiger partial charge on any atom is -0.331 e. The molecule has 0 saturated carbocycles. The number of benzene rings is 1. The number of nitrogens with one attached hydrogen (secondary N) is 1. The number of aromatic nitrogens is 1. The van der Waals surface area contributed by atoms with Gasteiger partial charge in [0.2, 0.25) is 11.8 Å². The smallest absolute Gasteiger partial charge is 0.248 e. The minimum atomic E-state index is -0.472. The van der Waals surface area contributed by atoms with Crippen LogP contribution in [0.5, 0.6) is 0 Å². The number of nitrogens with zero attached hydrogens (tertiary/aromatic N) is 4. The number of thiazole rings is 1. The van der Waals surface area contributed by atoms with Crippen LogP contribution in [0.15, 0.2) is 34.5 Å². The molecule has 2 aliphatic rings. The topological polar surface area (TPSA) is 87.0 Å². The molecule has 2 amide bonds. The Morgan fingerprint density at radius 2 is 2.14 bits per heavy atom. The number of carbonyl (C=O) groups is 2. The summed E-state index contributed by atoms with van der Waals surface area (Å²) in [6.45, 7) is 0.600. The molecule has 28 heavy (non-hydrogen) atoms. The van der Waals surface area contributed by atoms with Gasteiger partial charge in [-0.15, -0.1) is 12.3 Å². The third-order valence-corrected chi connectivity index (χ3v) is 6.14. The normalized spacial score (nSPS) is 19.5. The molecule has 1 unspecified atom stereocenters. The van der Waals surface area contributed by atoms with Crippen LogP contribution < -0.4 is 5.32 Å². The van der Waals surface area contributed by atoms with Crippen LogP contribution in [0.1, 0.15) is 38.5 Å². The molecule has 8 heteroatoms. The van der Waals surface area contributed by atoms with Crippen LogP contribution in [-0.4, -0.2) is 39.9 Å². The fraction of sp³-hybridized carbons (Fsp3) is 0.450. The highest BCUT2D eigenvalue weighted by atomic mass is 32.1. The zero-order valence-electron chi connectivity index (χ0n) is 15.4. The van der Waals surface area contributed by atoms with E-state index in [-0.39, 0.29) is 11.8 Å². The molecule has 1 aromatic heterocycles. The Bertz CT molecular complexity index is 937. The molecule has 1 N–H and O–H groups in total. The van der Waals surface area contributed by atoms with Crippen LogP contribution in [0, 0.1) is 12.3 Å². The fourth-order valence-corrected chi connectivity index (χ4v) is 4.44. The average Bonchev–Trinajstić information content (AvgIpc) is 3.11. The van der Waals surface area contributed by atoms with Crippen molar-refractivity contribution < 1.29 is 9.59 Å². The molecular formula is C20H21N5O2S. The highest BCUT2D eigenvalue weighted by molar-refractivity contribution is 7.22. The highest BCUT2D eigenvalue weighted by Gasteiger charge is 2.41. The van der Waals surface area contributed by atoms with Crippen molar-refractivity contribution in [3.05, 3.63) is 24.3 Å². The Kier molecular flexibility index (Phi) is 5.09.